The first-order valence-corrected chi connectivity index (χ1v) is 9.25. The number of halogens is 1. The van der Waals surface area contributed by atoms with E-state index in [0.717, 1.165) is 53.0 Å². The number of rotatable bonds is 4. The van der Waals surface area contributed by atoms with Crippen molar-refractivity contribution < 1.29 is 9.15 Å². The predicted octanol–water partition coefficient (Wildman–Crippen LogP) is 5.49. The first-order chi connectivity index (χ1) is 12.2. The highest BCUT2D eigenvalue weighted by Crippen LogP contribution is 2.35. The molecule has 2 aromatic carbocycles. The molecule has 0 aliphatic carbocycles. The standard InChI is InChI=1S/C21H20BrNO2/c1-24-18-11-17-12-20(25-21(17)19(22)13-18)16-7-9-23(10-8-16)14-15-5-3-2-4-6-15/h2-7,11-13H,8-10,14H2,1H3. The van der Waals surface area contributed by atoms with Gasteiger partial charge in [0.05, 0.1) is 11.6 Å². The minimum Gasteiger partial charge on any atom is -0.497 e. The number of fused-ring (bicyclic) bond motifs is 1. The van der Waals surface area contributed by atoms with Crippen LogP contribution in [0.4, 0.5) is 0 Å². The molecule has 3 aromatic rings. The van der Waals surface area contributed by atoms with Crippen molar-refractivity contribution in [2.24, 2.45) is 0 Å². The van der Waals surface area contributed by atoms with Crippen LogP contribution < -0.4 is 4.74 Å². The van der Waals surface area contributed by atoms with Crippen LogP contribution in [0.1, 0.15) is 17.7 Å². The van der Waals surface area contributed by atoms with E-state index >= 15 is 0 Å². The summed E-state index contributed by atoms with van der Waals surface area (Å²) in [7, 11) is 1.68. The number of hydrogen-bond acceptors (Lipinski definition) is 3. The molecule has 0 unspecified atom stereocenters. The fourth-order valence-electron chi connectivity index (χ4n) is 3.28. The van der Waals surface area contributed by atoms with Crippen LogP contribution in [0.15, 0.2) is 63.5 Å². The largest absolute Gasteiger partial charge is 0.497 e. The van der Waals surface area contributed by atoms with E-state index in [1.807, 2.05) is 12.1 Å². The van der Waals surface area contributed by atoms with E-state index in [4.69, 9.17) is 9.15 Å². The van der Waals surface area contributed by atoms with Crippen molar-refractivity contribution in [2.45, 2.75) is 13.0 Å². The van der Waals surface area contributed by atoms with Crippen molar-refractivity contribution in [1.29, 1.82) is 0 Å². The topological polar surface area (TPSA) is 25.6 Å². The van der Waals surface area contributed by atoms with Gasteiger partial charge in [-0.3, -0.25) is 4.90 Å². The van der Waals surface area contributed by atoms with Gasteiger partial charge in [0.1, 0.15) is 17.1 Å². The van der Waals surface area contributed by atoms with Crippen LogP contribution in [0.3, 0.4) is 0 Å². The number of nitrogens with zero attached hydrogens (tertiary/aromatic N) is 1. The van der Waals surface area contributed by atoms with Gasteiger partial charge in [0.15, 0.2) is 0 Å². The number of hydrogen-bond donors (Lipinski definition) is 0. The summed E-state index contributed by atoms with van der Waals surface area (Å²) >= 11 is 3.57. The lowest BCUT2D eigenvalue weighted by Crippen LogP contribution is -2.27. The van der Waals surface area contributed by atoms with E-state index in [-0.39, 0.29) is 0 Å². The molecule has 0 spiro atoms. The van der Waals surface area contributed by atoms with Gasteiger partial charge in [-0.25, -0.2) is 0 Å². The van der Waals surface area contributed by atoms with Crippen molar-refractivity contribution in [1.82, 2.24) is 4.90 Å². The Kier molecular flexibility index (Phi) is 4.64. The van der Waals surface area contributed by atoms with E-state index in [2.05, 4.69) is 63.3 Å². The minimum absolute atomic E-state index is 0.832. The number of ether oxygens (including phenoxy) is 1. The highest BCUT2D eigenvalue weighted by atomic mass is 79.9. The van der Waals surface area contributed by atoms with Gasteiger partial charge in [-0.2, -0.15) is 0 Å². The fraction of sp³-hybridized carbons (Fsp3) is 0.238. The third-order valence-electron chi connectivity index (χ3n) is 4.64. The predicted molar refractivity (Wildman–Crippen MR) is 105 cm³/mol. The zero-order valence-electron chi connectivity index (χ0n) is 14.2. The van der Waals surface area contributed by atoms with Crippen LogP contribution in [0.2, 0.25) is 0 Å². The SMILES string of the molecule is COc1cc(Br)c2oc(C3=CCN(Cc4ccccc4)CC3)cc2c1. The van der Waals surface area contributed by atoms with Crippen LogP contribution in [0.5, 0.6) is 5.75 Å². The van der Waals surface area contributed by atoms with E-state index in [1.54, 1.807) is 7.11 Å². The van der Waals surface area contributed by atoms with Gasteiger partial charge in [0.25, 0.3) is 0 Å². The molecule has 128 valence electrons. The van der Waals surface area contributed by atoms with Gasteiger partial charge >= 0.3 is 0 Å². The van der Waals surface area contributed by atoms with E-state index in [0.29, 0.717) is 0 Å². The van der Waals surface area contributed by atoms with Gasteiger partial charge in [-0.1, -0.05) is 36.4 Å². The van der Waals surface area contributed by atoms with E-state index in [9.17, 15) is 0 Å². The second-order valence-electron chi connectivity index (χ2n) is 6.34. The number of methoxy groups -OCH3 is 1. The second kappa shape index (κ2) is 7.06. The van der Waals surface area contributed by atoms with E-state index in [1.165, 1.54) is 11.1 Å². The summed E-state index contributed by atoms with van der Waals surface area (Å²) < 4.78 is 12.4. The van der Waals surface area contributed by atoms with E-state index < -0.39 is 0 Å². The summed E-state index contributed by atoms with van der Waals surface area (Å²) in [6.45, 7) is 2.99. The Bertz CT molecular complexity index is 914. The van der Waals surface area contributed by atoms with Crippen LogP contribution in [-0.2, 0) is 6.54 Å². The monoisotopic (exact) mass is 397 g/mol. The summed E-state index contributed by atoms with van der Waals surface area (Å²) in [5.41, 5.74) is 3.52. The molecule has 3 nitrogen and oxygen atoms in total. The molecule has 1 aliphatic rings. The van der Waals surface area contributed by atoms with Crippen LogP contribution in [0, 0.1) is 0 Å². The Hall–Kier alpha value is -2.04. The van der Waals surface area contributed by atoms with Gasteiger partial charge in [-0.05, 0) is 51.7 Å². The molecule has 0 saturated carbocycles. The van der Waals surface area contributed by atoms with Gasteiger partial charge in [0, 0.05) is 25.0 Å². The third-order valence-corrected chi connectivity index (χ3v) is 5.23. The van der Waals surface area contributed by atoms with Crippen LogP contribution >= 0.6 is 15.9 Å². The molecular weight excluding hydrogens is 378 g/mol. The number of benzene rings is 2. The highest BCUT2D eigenvalue weighted by Gasteiger charge is 2.17. The molecule has 0 fully saturated rings. The zero-order chi connectivity index (χ0) is 17.2. The third kappa shape index (κ3) is 3.51. The Morgan fingerprint density at radius 1 is 1.16 bits per heavy atom. The number of furan rings is 1. The molecule has 0 bridgehead atoms. The molecule has 4 heteroatoms. The first-order valence-electron chi connectivity index (χ1n) is 8.46. The maximum absolute atomic E-state index is 6.10. The molecule has 0 radical (unpaired) electrons. The summed E-state index contributed by atoms with van der Waals surface area (Å²) in [4.78, 5) is 2.46. The Balaban J connectivity index is 1.53. The highest BCUT2D eigenvalue weighted by molar-refractivity contribution is 9.10. The molecule has 4 rings (SSSR count). The lowest BCUT2D eigenvalue weighted by Gasteiger charge is -2.25. The normalized spacial score (nSPS) is 15.4. The van der Waals surface area contributed by atoms with Gasteiger partial charge in [-0.15, -0.1) is 0 Å². The van der Waals surface area contributed by atoms with Gasteiger partial charge in [0.2, 0.25) is 0 Å². The van der Waals surface area contributed by atoms with Crippen LogP contribution in [0.25, 0.3) is 16.5 Å². The Labute approximate surface area is 156 Å². The average molecular weight is 398 g/mol. The van der Waals surface area contributed by atoms with Crippen molar-refractivity contribution in [3.63, 3.8) is 0 Å². The van der Waals surface area contributed by atoms with Gasteiger partial charge < -0.3 is 9.15 Å². The minimum atomic E-state index is 0.832. The van der Waals surface area contributed by atoms with Crippen molar-refractivity contribution >= 4 is 32.5 Å². The smallest absolute Gasteiger partial charge is 0.149 e. The maximum atomic E-state index is 6.10. The molecule has 2 heterocycles. The summed E-state index contributed by atoms with van der Waals surface area (Å²) in [6.07, 6.45) is 3.29. The maximum Gasteiger partial charge on any atom is 0.149 e. The lowest BCUT2D eigenvalue weighted by atomic mass is 10.0. The zero-order valence-corrected chi connectivity index (χ0v) is 15.8. The first kappa shape index (κ1) is 16.4. The molecule has 1 aromatic heterocycles. The Morgan fingerprint density at radius 3 is 2.72 bits per heavy atom. The molecular formula is C21H20BrNO2. The molecule has 1 aliphatic heterocycles. The van der Waals surface area contributed by atoms with Crippen molar-refractivity contribution in [2.75, 3.05) is 20.2 Å². The lowest BCUT2D eigenvalue weighted by molar-refractivity contribution is 0.293. The molecule has 25 heavy (non-hydrogen) atoms. The molecule has 0 atom stereocenters. The summed E-state index contributed by atoms with van der Waals surface area (Å²) in [5, 5.41) is 1.06. The Morgan fingerprint density at radius 2 is 2.00 bits per heavy atom. The molecule has 0 N–H and O–H groups in total. The van der Waals surface area contributed by atoms with Crippen LogP contribution in [-0.4, -0.2) is 25.1 Å². The quantitative estimate of drug-likeness (QED) is 0.581. The molecule has 0 saturated heterocycles. The average Bonchev–Trinajstić information content (AvgIpc) is 3.08. The van der Waals surface area contributed by atoms with Crippen molar-refractivity contribution in [3.8, 4) is 5.75 Å². The summed E-state index contributed by atoms with van der Waals surface area (Å²) in [6, 6.07) is 16.7. The summed E-state index contributed by atoms with van der Waals surface area (Å²) in [5.74, 6) is 1.79. The molecule has 0 amide bonds. The van der Waals surface area contributed by atoms with Crippen molar-refractivity contribution in [3.05, 3.63) is 70.4 Å². The fourth-order valence-corrected chi connectivity index (χ4v) is 3.82. The second-order valence-corrected chi connectivity index (χ2v) is 7.19.